The van der Waals surface area contributed by atoms with E-state index in [9.17, 15) is 9.18 Å². The summed E-state index contributed by atoms with van der Waals surface area (Å²) in [5.41, 5.74) is 2.69. The highest BCUT2D eigenvalue weighted by Crippen LogP contribution is 2.31. The average Bonchev–Trinajstić information content (AvgIpc) is 3.21. The predicted molar refractivity (Wildman–Crippen MR) is 130 cm³/mol. The molecular formula is C25H22ClFN4OS. The van der Waals surface area contributed by atoms with Crippen molar-refractivity contribution in [3.63, 3.8) is 0 Å². The molecule has 4 rings (SSSR count). The molecule has 8 heteroatoms. The topological polar surface area (TPSA) is 59.8 Å². The standard InChI is InChI=1S/C25H22ClFN4OS/c1-17(24(32)28-15-18-11-13-20(27)14-12-18)33-25-30-29-23(21-9-5-6-10-22(21)26)31(25)16-19-7-3-2-4-8-19/h2-14,17H,15-16H2,1H3,(H,28,32). The van der Waals surface area contributed by atoms with E-state index in [-0.39, 0.29) is 11.7 Å². The van der Waals surface area contributed by atoms with Gasteiger partial charge < -0.3 is 5.32 Å². The zero-order chi connectivity index (χ0) is 23.2. The van der Waals surface area contributed by atoms with Gasteiger partial charge in [0, 0.05) is 12.1 Å². The Morgan fingerprint density at radius 3 is 2.42 bits per heavy atom. The minimum atomic E-state index is -0.414. The van der Waals surface area contributed by atoms with Crippen LogP contribution in [0.3, 0.4) is 0 Å². The number of nitrogens with one attached hydrogen (secondary N) is 1. The monoisotopic (exact) mass is 480 g/mol. The van der Waals surface area contributed by atoms with E-state index in [0.717, 1.165) is 16.7 Å². The Morgan fingerprint density at radius 1 is 1.00 bits per heavy atom. The fourth-order valence-corrected chi connectivity index (χ4v) is 4.37. The SMILES string of the molecule is CC(Sc1nnc(-c2ccccc2Cl)n1Cc1ccccc1)C(=O)NCc1ccc(F)cc1. The molecule has 1 N–H and O–H groups in total. The molecule has 1 aromatic heterocycles. The first-order valence-electron chi connectivity index (χ1n) is 10.4. The van der Waals surface area contributed by atoms with Gasteiger partial charge in [0.2, 0.25) is 5.91 Å². The third-order valence-corrected chi connectivity index (χ3v) is 6.46. The summed E-state index contributed by atoms with van der Waals surface area (Å²) >= 11 is 7.76. The lowest BCUT2D eigenvalue weighted by Crippen LogP contribution is -2.30. The van der Waals surface area contributed by atoms with E-state index in [1.165, 1.54) is 23.9 Å². The second kappa shape index (κ2) is 10.6. The summed E-state index contributed by atoms with van der Waals surface area (Å²) in [6, 6.07) is 23.5. The molecule has 1 heterocycles. The summed E-state index contributed by atoms with van der Waals surface area (Å²) in [6.45, 7) is 2.69. The van der Waals surface area contributed by atoms with Gasteiger partial charge in [0.1, 0.15) is 5.82 Å². The van der Waals surface area contributed by atoms with Crippen LogP contribution < -0.4 is 5.32 Å². The van der Waals surface area contributed by atoms with Crippen molar-refractivity contribution in [3.8, 4) is 11.4 Å². The van der Waals surface area contributed by atoms with Crippen LogP contribution in [-0.2, 0) is 17.9 Å². The van der Waals surface area contributed by atoms with Crippen LogP contribution in [0.15, 0.2) is 84.0 Å². The fraction of sp³-hybridized carbons (Fsp3) is 0.160. The number of rotatable bonds is 8. The molecule has 0 spiro atoms. The molecular weight excluding hydrogens is 459 g/mol. The molecule has 0 radical (unpaired) electrons. The van der Waals surface area contributed by atoms with Gasteiger partial charge in [0.05, 0.1) is 16.8 Å². The molecule has 1 unspecified atom stereocenters. The molecule has 1 atom stereocenters. The number of thioether (sulfide) groups is 1. The normalized spacial score (nSPS) is 11.8. The number of carbonyl (C=O) groups excluding carboxylic acids is 1. The molecule has 0 aliphatic carbocycles. The number of hydrogen-bond donors (Lipinski definition) is 1. The van der Waals surface area contributed by atoms with Crippen molar-refractivity contribution < 1.29 is 9.18 Å². The maximum absolute atomic E-state index is 13.1. The van der Waals surface area contributed by atoms with Crippen LogP contribution in [0.2, 0.25) is 5.02 Å². The highest BCUT2D eigenvalue weighted by atomic mass is 35.5. The lowest BCUT2D eigenvalue weighted by Gasteiger charge is -2.14. The number of hydrogen-bond acceptors (Lipinski definition) is 4. The maximum Gasteiger partial charge on any atom is 0.233 e. The van der Waals surface area contributed by atoms with Gasteiger partial charge in [-0.05, 0) is 42.3 Å². The molecule has 0 aliphatic rings. The van der Waals surface area contributed by atoms with Gasteiger partial charge in [-0.3, -0.25) is 9.36 Å². The lowest BCUT2D eigenvalue weighted by atomic mass is 10.2. The van der Waals surface area contributed by atoms with Crippen LogP contribution in [0.4, 0.5) is 4.39 Å². The molecule has 1 amide bonds. The van der Waals surface area contributed by atoms with Gasteiger partial charge in [-0.1, -0.05) is 78.0 Å². The number of aromatic nitrogens is 3. The highest BCUT2D eigenvalue weighted by Gasteiger charge is 2.22. The maximum atomic E-state index is 13.1. The van der Waals surface area contributed by atoms with Gasteiger partial charge in [-0.2, -0.15) is 0 Å². The Balaban J connectivity index is 1.54. The van der Waals surface area contributed by atoms with Crippen LogP contribution in [0.1, 0.15) is 18.1 Å². The average molecular weight is 481 g/mol. The molecule has 3 aromatic carbocycles. The predicted octanol–water partition coefficient (Wildman–Crippen LogP) is 5.58. The molecule has 0 fully saturated rings. The van der Waals surface area contributed by atoms with Crippen LogP contribution in [0.25, 0.3) is 11.4 Å². The zero-order valence-electron chi connectivity index (χ0n) is 17.9. The van der Waals surface area contributed by atoms with Crippen molar-refractivity contribution in [3.05, 3.63) is 101 Å². The molecule has 0 saturated carbocycles. The van der Waals surface area contributed by atoms with E-state index in [0.29, 0.717) is 29.1 Å². The Bertz CT molecular complexity index is 1230. The van der Waals surface area contributed by atoms with Gasteiger partial charge in [-0.15, -0.1) is 10.2 Å². The molecule has 0 saturated heterocycles. The minimum Gasteiger partial charge on any atom is -0.351 e. The molecule has 168 valence electrons. The highest BCUT2D eigenvalue weighted by molar-refractivity contribution is 8.00. The number of halogens is 2. The molecule has 4 aromatic rings. The number of amides is 1. The summed E-state index contributed by atoms with van der Waals surface area (Å²) in [6.07, 6.45) is 0. The van der Waals surface area contributed by atoms with Crippen LogP contribution in [0, 0.1) is 5.82 Å². The van der Waals surface area contributed by atoms with Gasteiger partial charge in [0.25, 0.3) is 0 Å². The first-order valence-corrected chi connectivity index (χ1v) is 11.7. The summed E-state index contributed by atoms with van der Waals surface area (Å²) < 4.78 is 15.1. The zero-order valence-corrected chi connectivity index (χ0v) is 19.5. The Kier molecular flexibility index (Phi) is 7.42. The second-order valence-corrected chi connectivity index (χ2v) is 9.18. The second-order valence-electron chi connectivity index (χ2n) is 7.46. The van der Waals surface area contributed by atoms with Crippen molar-refractivity contribution in [2.75, 3.05) is 0 Å². The number of carbonyl (C=O) groups is 1. The molecule has 0 bridgehead atoms. The minimum absolute atomic E-state index is 0.141. The van der Waals surface area contributed by atoms with Crippen molar-refractivity contribution in [1.29, 1.82) is 0 Å². The number of nitrogens with zero attached hydrogens (tertiary/aromatic N) is 3. The van der Waals surface area contributed by atoms with E-state index in [1.807, 2.05) is 66.1 Å². The molecule has 33 heavy (non-hydrogen) atoms. The summed E-state index contributed by atoms with van der Waals surface area (Å²) in [5, 5.41) is 12.5. The molecule has 5 nitrogen and oxygen atoms in total. The van der Waals surface area contributed by atoms with Crippen LogP contribution >= 0.6 is 23.4 Å². The third-order valence-electron chi connectivity index (χ3n) is 5.05. The summed E-state index contributed by atoms with van der Waals surface area (Å²) in [5.74, 6) is 0.199. The third kappa shape index (κ3) is 5.80. The van der Waals surface area contributed by atoms with Crippen molar-refractivity contribution in [1.82, 2.24) is 20.1 Å². The van der Waals surface area contributed by atoms with Crippen molar-refractivity contribution in [2.24, 2.45) is 0 Å². The first kappa shape index (κ1) is 23.0. The van der Waals surface area contributed by atoms with E-state index < -0.39 is 5.25 Å². The molecule has 0 aliphatic heterocycles. The summed E-state index contributed by atoms with van der Waals surface area (Å²) in [7, 11) is 0. The van der Waals surface area contributed by atoms with Gasteiger partial charge in [0.15, 0.2) is 11.0 Å². The van der Waals surface area contributed by atoms with Crippen LogP contribution in [-0.4, -0.2) is 25.9 Å². The van der Waals surface area contributed by atoms with Gasteiger partial charge in [-0.25, -0.2) is 4.39 Å². The fourth-order valence-electron chi connectivity index (χ4n) is 3.27. The Labute approximate surface area is 201 Å². The summed E-state index contributed by atoms with van der Waals surface area (Å²) in [4.78, 5) is 12.7. The van der Waals surface area contributed by atoms with Crippen LogP contribution in [0.5, 0.6) is 0 Å². The van der Waals surface area contributed by atoms with Crippen molar-refractivity contribution in [2.45, 2.75) is 30.4 Å². The van der Waals surface area contributed by atoms with E-state index in [4.69, 9.17) is 11.6 Å². The smallest absolute Gasteiger partial charge is 0.233 e. The Hall–Kier alpha value is -3.16. The van der Waals surface area contributed by atoms with Crippen molar-refractivity contribution >= 4 is 29.3 Å². The van der Waals surface area contributed by atoms with E-state index in [2.05, 4.69) is 15.5 Å². The van der Waals surface area contributed by atoms with E-state index >= 15 is 0 Å². The largest absolute Gasteiger partial charge is 0.351 e. The Morgan fingerprint density at radius 2 is 1.70 bits per heavy atom. The van der Waals surface area contributed by atoms with E-state index in [1.54, 1.807) is 12.1 Å². The first-order chi connectivity index (χ1) is 16.0. The lowest BCUT2D eigenvalue weighted by molar-refractivity contribution is -0.120. The van der Waals surface area contributed by atoms with Gasteiger partial charge >= 0.3 is 0 Å². The quantitative estimate of drug-likeness (QED) is 0.334. The number of benzene rings is 3.